The van der Waals surface area contributed by atoms with Crippen LogP contribution in [0.2, 0.25) is 0 Å². The normalized spacial score (nSPS) is 46.5. The summed E-state index contributed by atoms with van der Waals surface area (Å²) in [5, 5.41) is 18.2. The Hall–Kier alpha value is -0.0800. The molecule has 3 aliphatic rings. The van der Waals surface area contributed by atoms with Crippen LogP contribution in [0.1, 0.15) is 25.7 Å². The van der Waals surface area contributed by atoms with E-state index in [-0.39, 0.29) is 0 Å². The van der Waals surface area contributed by atoms with Gasteiger partial charge in [0.05, 0.1) is 0 Å². The lowest BCUT2D eigenvalue weighted by Crippen LogP contribution is -2.40. The van der Waals surface area contributed by atoms with Crippen LogP contribution in [0.5, 0.6) is 0 Å². The van der Waals surface area contributed by atoms with Crippen LogP contribution >= 0.6 is 0 Å². The lowest BCUT2D eigenvalue weighted by Gasteiger charge is -2.46. The largest absolute Gasteiger partial charge is 0.396 e. The Kier molecular flexibility index (Phi) is 2.37. The summed E-state index contributed by atoms with van der Waals surface area (Å²) in [4.78, 5) is 0. The molecule has 0 radical (unpaired) electrons. The molecule has 4 atom stereocenters. The number of rotatable bonds is 2. The van der Waals surface area contributed by atoms with Crippen molar-refractivity contribution in [2.24, 2.45) is 23.7 Å². The molecular weight excluding hydrogens is 152 g/mol. The van der Waals surface area contributed by atoms with E-state index in [1.165, 1.54) is 12.8 Å². The van der Waals surface area contributed by atoms with E-state index in [0.717, 1.165) is 12.8 Å². The van der Waals surface area contributed by atoms with Crippen LogP contribution in [0.4, 0.5) is 0 Å². The first kappa shape index (κ1) is 8.52. The summed E-state index contributed by atoms with van der Waals surface area (Å²) in [7, 11) is 0. The summed E-state index contributed by atoms with van der Waals surface area (Å²) < 4.78 is 0. The van der Waals surface area contributed by atoms with E-state index in [1.807, 2.05) is 0 Å². The van der Waals surface area contributed by atoms with Crippen molar-refractivity contribution in [3.8, 4) is 0 Å². The zero-order valence-electron chi connectivity index (χ0n) is 7.45. The van der Waals surface area contributed by atoms with E-state index in [2.05, 4.69) is 0 Å². The van der Waals surface area contributed by atoms with Crippen molar-refractivity contribution in [1.29, 1.82) is 0 Å². The molecule has 0 amide bonds. The van der Waals surface area contributed by atoms with E-state index in [9.17, 15) is 0 Å². The molecule has 12 heavy (non-hydrogen) atoms. The first-order valence-corrected chi connectivity index (χ1v) is 5.07. The van der Waals surface area contributed by atoms with Gasteiger partial charge in [0.15, 0.2) is 0 Å². The van der Waals surface area contributed by atoms with Gasteiger partial charge < -0.3 is 10.2 Å². The van der Waals surface area contributed by atoms with E-state index < -0.39 is 0 Å². The summed E-state index contributed by atoms with van der Waals surface area (Å²) in [5.74, 6) is 2.51. The fraction of sp³-hybridized carbons (Fsp3) is 1.00. The molecule has 3 fully saturated rings. The average molecular weight is 170 g/mol. The highest BCUT2D eigenvalue weighted by molar-refractivity contribution is 4.90. The van der Waals surface area contributed by atoms with Crippen molar-refractivity contribution in [3.05, 3.63) is 0 Å². The van der Waals surface area contributed by atoms with Gasteiger partial charge in [-0.1, -0.05) is 0 Å². The molecule has 2 bridgehead atoms. The van der Waals surface area contributed by atoms with Crippen LogP contribution in [-0.2, 0) is 0 Å². The van der Waals surface area contributed by atoms with Gasteiger partial charge in [-0.2, -0.15) is 0 Å². The molecule has 3 saturated carbocycles. The van der Waals surface area contributed by atoms with Crippen LogP contribution in [0.15, 0.2) is 0 Å². The molecule has 2 N–H and O–H groups in total. The molecule has 3 rings (SSSR count). The van der Waals surface area contributed by atoms with Gasteiger partial charge in [0, 0.05) is 13.2 Å². The highest BCUT2D eigenvalue weighted by Gasteiger charge is 2.40. The topological polar surface area (TPSA) is 40.5 Å². The molecule has 3 aliphatic carbocycles. The Bertz CT molecular complexity index is 140. The predicted molar refractivity (Wildman–Crippen MR) is 46.6 cm³/mol. The van der Waals surface area contributed by atoms with Crippen LogP contribution in [0.25, 0.3) is 0 Å². The lowest BCUT2D eigenvalue weighted by molar-refractivity contribution is -0.0103. The quantitative estimate of drug-likeness (QED) is 0.649. The van der Waals surface area contributed by atoms with Crippen LogP contribution in [0.3, 0.4) is 0 Å². The van der Waals surface area contributed by atoms with Crippen LogP contribution in [0, 0.1) is 23.7 Å². The molecule has 70 valence electrons. The van der Waals surface area contributed by atoms with Gasteiger partial charge in [-0.05, 0) is 49.4 Å². The second-order valence-corrected chi connectivity index (χ2v) is 4.45. The molecule has 0 heterocycles. The fourth-order valence-corrected chi connectivity index (χ4v) is 3.13. The maximum Gasteiger partial charge on any atom is 0.0462 e. The number of hydrogen-bond acceptors (Lipinski definition) is 2. The predicted octanol–water partition coefficient (Wildman–Crippen LogP) is 1.02. The minimum Gasteiger partial charge on any atom is -0.396 e. The van der Waals surface area contributed by atoms with Crippen LogP contribution in [-0.4, -0.2) is 23.4 Å². The summed E-state index contributed by atoms with van der Waals surface area (Å²) in [6.07, 6.45) is 4.89. The first-order valence-electron chi connectivity index (χ1n) is 5.07. The minimum atomic E-state index is 0.360. The standard InChI is InChI=1S/C10H18O2/c11-5-9-4-8-2-1-7(9)3-10(8)6-12/h7-12H,1-6H2. The molecule has 4 unspecified atom stereocenters. The smallest absolute Gasteiger partial charge is 0.0462 e. The van der Waals surface area contributed by atoms with Gasteiger partial charge in [0.1, 0.15) is 0 Å². The van der Waals surface area contributed by atoms with Gasteiger partial charge in [-0.25, -0.2) is 0 Å². The van der Waals surface area contributed by atoms with E-state index in [1.54, 1.807) is 0 Å². The zero-order valence-corrected chi connectivity index (χ0v) is 7.45. The van der Waals surface area contributed by atoms with Gasteiger partial charge in [0.25, 0.3) is 0 Å². The van der Waals surface area contributed by atoms with Gasteiger partial charge in [-0.3, -0.25) is 0 Å². The second kappa shape index (κ2) is 3.35. The van der Waals surface area contributed by atoms with Crippen molar-refractivity contribution in [1.82, 2.24) is 0 Å². The summed E-state index contributed by atoms with van der Waals surface area (Å²) in [5.41, 5.74) is 0. The molecule has 0 saturated heterocycles. The molecule has 2 nitrogen and oxygen atoms in total. The molecule has 0 aromatic rings. The number of aliphatic hydroxyl groups excluding tert-OH is 2. The van der Waals surface area contributed by atoms with Gasteiger partial charge in [-0.15, -0.1) is 0 Å². The SMILES string of the molecule is OCC1CC2CCC1CC2CO. The van der Waals surface area contributed by atoms with E-state index in [4.69, 9.17) is 10.2 Å². The van der Waals surface area contributed by atoms with Gasteiger partial charge >= 0.3 is 0 Å². The number of fused-ring (bicyclic) bond motifs is 3. The van der Waals surface area contributed by atoms with Crippen molar-refractivity contribution in [3.63, 3.8) is 0 Å². The summed E-state index contributed by atoms with van der Waals surface area (Å²) in [6.45, 7) is 0.721. The Morgan fingerprint density at radius 1 is 0.833 bits per heavy atom. The zero-order chi connectivity index (χ0) is 8.55. The first-order chi connectivity index (χ1) is 5.85. The molecule has 0 aromatic carbocycles. The summed E-state index contributed by atoms with van der Waals surface area (Å²) in [6, 6.07) is 0. The minimum absolute atomic E-state index is 0.360. The Balaban J connectivity index is 2.01. The van der Waals surface area contributed by atoms with Crippen molar-refractivity contribution >= 4 is 0 Å². The lowest BCUT2D eigenvalue weighted by atomic mass is 9.60. The van der Waals surface area contributed by atoms with E-state index in [0.29, 0.717) is 36.9 Å². The number of hydrogen-bond donors (Lipinski definition) is 2. The van der Waals surface area contributed by atoms with Crippen molar-refractivity contribution in [2.45, 2.75) is 25.7 Å². The van der Waals surface area contributed by atoms with Crippen molar-refractivity contribution < 1.29 is 10.2 Å². The molecule has 0 spiro atoms. The third-order valence-corrected chi connectivity index (χ3v) is 3.92. The van der Waals surface area contributed by atoms with E-state index >= 15 is 0 Å². The third kappa shape index (κ3) is 1.27. The molecule has 0 aromatic heterocycles. The highest BCUT2D eigenvalue weighted by Crippen LogP contribution is 2.47. The molecular formula is C10H18O2. The second-order valence-electron chi connectivity index (χ2n) is 4.45. The average Bonchev–Trinajstić information content (AvgIpc) is 2.18. The monoisotopic (exact) mass is 170 g/mol. The Labute approximate surface area is 73.6 Å². The molecule has 2 heteroatoms. The Morgan fingerprint density at radius 2 is 1.25 bits per heavy atom. The maximum absolute atomic E-state index is 9.11. The summed E-state index contributed by atoms with van der Waals surface area (Å²) >= 11 is 0. The van der Waals surface area contributed by atoms with Gasteiger partial charge in [0.2, 0.25) is 0 Å². The highest BCUT2D eigenvalue weighted by atomic mass is 16.3. The molecule has 0 aliphatic heterocycles. The van der Waals surface area contributed by atoms with Crippen LogP contribution < -0.4 is 0 Å². The Morgan fingerprint density at radius 3 is 1.50 bits per heavy atom. The fourth-order valence-electron chi connectivity index (χ4n) is 3.13. The number of aliphatic hydroxyl groups is 2. The third-order valence-electron chi connectivity index (χ3n) is 3.92. The van der Waals surface area contributed by atoms with Crippen molar-refractivity contribution in [2.75, 3.05) is 13.2 Å². The maximum atomic E-state index is 9.11.